The van der Waals surface area contributed by atoms with Crippen LogP contribution in [0.3, 0.4) is 0 Å². The zero-order chi connectivity index (χ0) is 17.3. The van der Waals surface area contributed by atoms with E-state index in [4.69, 9.17) is 27.5 Å². The van der Waals surface area contributed by atoms with Crippen LogP contribution in [0.25, 0.3) is 22.1 Å². The van der Waals surface area contributed by atoms with E-state index in [2.05, 4.69) is 9.97 Å². The number of aliphatic hydroxyl groups is 2. The van der Waals surface area contributed by atoms with E-state index >= 15 is 0 Å². The summed E-state index contributed by atoms with van der Waals surface area (Å²) in [7, 11) is 0. The molecule has 126 valence electrons. The highest BCUT2D eigenvalue weighted by Gasteiger charge is 2.16. The minimum Gasteiger partial charge on any atom is -0.504 e. The minimum absolute atomic E-state index is 0.0580. The van der Waals surface area contributed by atoms with E-state index in [1.54, 1.807) is 29.2 Å². The normalized spacial score (nSPS) is 11.3. The van der Waals surface area contributed by atoms with Gasteiger partial charge in [0, 0.05) is 13.1 Å². The summed E-state index contributed by atoms with van der Waals surface area (Å²) in [5.74, 6) is -0.0580. The summed E-state index contributed by atoms with van der Waals surface area (Å²) in [5, 5.41) is 29.3. The number of benzene rings is 2. The third kappa shape index (κ3) is 2.89. The first-order valence-corrected chi connectivity index (χ1v) is 7.78. The zero-order valence-electron chi connectivity index (χ0n) is 12.8. The van der Waals surface area contributed by atoms with E-state index in [1.807, 2.05) is 0 Å². The van der Waals surface area contributed by atoms with E-state index in [-0.39, 0.29) is 32.1 Å². The Morgan fingerprint density at radius 3 is 2.33 bits per heavy atom. The second-order valence-corrected chi connectivity index (χ2v) is 5.73. The molecule has 2 aromatic carbocycles. The van der Waals surface area contributed by atoms with Gasteiger partial charge in [0.05, 0.1) is 46.2 Å². The molecule has 0 unspecified atom stereocenters. The van der Waals surface area contributed by atoms with E-state index in [1.165, 1.54) is 0 Å². The summed E-state index contributed by atoms with van der Waals surface area (Å²) in [6.45, 7) is 0.359. The molecule has 0 amide bonds. The van der Waals surface area contributed by atoms with Crippen molar-refractivity contribution in [2.24, 2.45) is 0 Å². The number of hydrogen-bond acceptors (Lipinski definition) is 7. The monoisotopic (exact) mass is 348 g/mol. The molecule has 0 aliphatic rings. The van der Waals surface area contributed by atoms with E-state index in [0.717, 1.165) is 0 Å². The molecule has 24 heavy (non-hydrogen) atoms. The number of aromatic hydroxyl groups is 1. The number of nitrogens with zero attached hydrogens (tertiary/aromatic N) is 3. The number of aromatic nitrogens is 2. The highest BCUT2D eigenvalue weighted by molar-refractivity contribution is 6.33. The predicted octanol–water partition coefficient (Wildman–Crippen LogP) is 1.52. The van der Waals surface area contributed by atoms with Crippen molar-refractivity contribution in [3.8, 4) is 5.75 Å². The van der Waals surface area contributed by atoms with Crippen molar-refractivity contribution in [2.45, 2.75) is 0 Å². The molecule has 7 nitrogen and oxygen atoms in total. The van der Waals surface area contributed by atoms with Gasteiger partial charge in [0.15, 0.2) is 5.75 Å². The number of rotatable bonds is 5. The van der Waals surface area contributed by atoms with Gasteiger partial charge in [-0.15, -0.1) is 0 Å². The van der Waals surface area contributed by atoms with Crippen LogP contribution >= 0.6 is 11.6 Å². The van der Waals surface area contributed by atoms with Gasteiger partial charge in [-0.25, -0.2) is 9.97 Å². The van der Waals surface area contributed by atoms with Crippen molar-refractivity contribution in [2.75, 3.05) is 36.9 Å². The first kappa shape index (κ1) is 16.5. The summed E-state index contributed by atoms with van der Waals surface area (Å²) >= 11 is 6.01. The average Bonchev–Trinajstić information content (AvgIpc) is 2.55. The van der Waals surface area contributed by atoms with Gasteiger partial charge < -0.3 is 26.0 Å². The van der Waals surface area contributed by atoms with Crippen LogP contribution in [0.1, 0.15) is 0 Å². The Kier molecular flexibility index (Phi) is 4.57. The molecule has 0 spiro atoms. The van der Waals surface area contributed by atoms with Gasteiger partial charge in [-0.1, -0.05) is 11.6 Å². The van der Waals surface area contributed by atoms with Crippen molar-refractivity contribution >= 4 is 45.0 Å². The summed E-state index contributed by atoms with van der Waals surface area (Å²) < 4.78 is 0. The van der Waals surface area contributed by atoms with Crippen LogP contribution in [0.2, 0.25) is 5.02 Å². The number of phenols is 1. The first-order chi connectivity index (χ1) is 11.5. The lowest BCUT2D eigenvalue weighted by atomic mass is 10.2. The smallest absolute Gasteiger partial charge is 0.167 e. The lowest BCUT2D eigenvalue weighted by Crippen LogP contribution is -2.29. The van der Waals surface area contributed by atoms with Gasteiger partial charge in [-0.05, 0) is 24.3 Å². The second-order valence-electron chi connectivity index (χ2n) is 5.32. The van der Waals surface area contributed by atoms with Gasteiger partial charge in [0.25, 0.3) is 0 Å². The second kappa shape index (κ2) is 6.64. The van der Waals surface area contributed by atoms with Crippen LogP contribution in [-0.4, -0.2) is 51.6 Å². The minimum atomic E-state index is -0.101. The van der Waals surface area contributed by atoms with Gasteiger partial charge in [-0.2, -0.15) is 0 Å². The summed E-state index contributed by atoms with van der Waals surface area (Å²) in [6, 6.07) is 6.65. The van der Waals surface area contributed by atoms with E-state index < -0.39 is 0 Å². The van der Waals surface area contributed by atoms with Crippen LogP contribution in [0.5, 0.6) is 5.75 Å². The Labute approximate surface area is 142 Å². The molecule has 0 radical (unpaired) electrons. The summed E-state index contributed by atoms with van der Waals surface area (Å²) in [4.78, 5) is 10.6. The lowest BCUT2D eigenvalue weighted by molar-refractivity contribution is 0.280. The first-order valence-electron chi connectivity index (χ1n) is 7.40. The Morgan fingerprint density at radius 2 is 1.67 bits per heavy atom. The Morgan fingerprint density at radius 1 is 1.00 bits per heavy atom. The molecular weight excluding hydrogens is 332 g/mol. The number of halogens is 1. The SMILES string of the molecule is Nc1cc2nc3c(O)c(N(CCO)CCO)ccc3nc2cc1Cl. The standard InChI is InChI=1S/C16H17ClN4O3/c17-9-7-12-13(8-10(9)18)20-15-11(19-12)1-2-14(16(15)24)21(3-5-22)4-6-23/h1-2,7-8,22-24H,3-6,18H2. The number of nitrogens with two attached hydrogens (primary N) is 1. The number of fused-ring (bicyclic) bond motifs is 2. The molecule has 8 heteroatoms. The Bertz CT molecular complexity index is 897. The van der Waals surface area contributed by atoms with Crippen LogP contribution in [0.4, 0.5) is 11.4 Å². The largest absolute Gasteiger partial charge is 0.504 e. The molecular formula is C16H17ClN4O3. The van der Waals surface area contributed by atoms with Crippen molar-refractivity contribution in [1.29, 1.82) is 0 Å². The number of anilines is 2. The van der Waals surface area contributed by atoms with Crippen molar-refractivity contribution < 1.29 is 15.3 Å². The molecule has 0 aliphatic heterocycles. The van der Waals surface area contributed by atoms with Gasteiger partial charge in [0.2, 0.25) is 0 Å². The third-order valence-electron chi connectivity index (χ3n) is 3.76. The van der Waals surface area contributed by atoms with Crippen molar-refractivity contribution in [3.63, 3.8) is 0 Å². The molecule has 0 fully saturated rings. The fraction of sp³-hybridized carbons (Fsp3) is 0.250. The molecule has 0 saturated carbocycles. The summed E-state index contributed by atoms with van der Waals surface area (Å²) in [6.07, 6.45) is 0. The molecule has 0 bridgehead atoms. The molecule has 3 rings (SSSR count). The number of hydrogen-bond donors (Lipinski definition) is 4. The quantitative estimate of drug-likeness (QED) is 0.408. The maximum absolute atomic E-state index is 10.6. The Hall–Kier alpha value is -2.35. The van der Waals surface area contributed by atoms with E-state index in [9.17, 15) is 5.11 Å². The topological polar surface area (TPSA) is 116 Å². The fourth-order valence-corrected chi connectivity index (χ4v) is 2.76. The fourth-order valence-electron chi connectivity index (χ4n) is 2.60. The van der Waals surface area contributed by atoms with Gasteiger partial charge in [0.1, 0.15) is 5.52 Å². The molecule has 0 atom stereocenters. The number of aliphatic hydroxyl groups excluding tert-OH is 2. The van der Waals surface area contributed by atoms with Crippen LogP contribution in [0.15, 0.2) is 24.3 Å². The summed E-state index contributed by atoms with van der Waals surface area (Å²) in [5.41, 5.74) is 8.59. The molecule has 0 saturated heterocycles. The van der Waals surface area contributed by atoms with E-state index in [0.29, 0.717) is 38.5 Å². The molecule has 1 heterocycles. The zero-order valence-corrected chi connectivity index (χ0v) is 13.5. The van der Waals surface area contributed by atoms with Crippen molar-refractivity contribution in [3.05, 3.63) is 29.3 Å². The van der Waals surface area contributed by atoms with Gasteiger partial charge >= 0.3 is 0 Å². The molecule has 5 N–H and O–H groups in total. The van der Waals surface area contributed by atoms with Crippen LogP contribution in [-0.2, 0) is 0 Å². The molecule has 3 aromatic rings. The number of nitrogen functional groups attached to an aromatic ring is 1. The molecule has 1 aromatic heterocycles. The van der Waals surface area contributed by atoms with Crippen LogP contribution < -0.4 is 10.6 Å². The Balaban J connectivity index is 2.20. The van der Waals surface area contributed by atoms with Crippen LogP contribution in [0, 0.1) is 0 Å². The highest BCUT2D eigenvalue weighted by atomic mass is 35.5. The third-order valence-corrected chi connectivity index (χ3v) is 4.08. The lowest BCUT2D eigenvalue weighted by Gasteiger charge is -2.24. The number of phenolic OH excluding ortho intramolecular Hbond substituents is 1. The maximum Gasteiger partial charge on any atom is 0.167 e. The average molecular weight is 349 g/mol. The van der Waals surface area contributed by atoms with Crippen molar-refractivity contribution in [1.82, 2.24) is 9.97 Å². The maximum atomic E-state index is 10.6. The predicted molar refractivity (Wildman–Crippen MR) is 94.5 cm³/mol. The molecule has 0 aliphatic carbocycles. The van der Waals surface area contributed by atoms with Gasteiger partial charge in [-0.3, -0.25) is 0 Å². The highest BCUT2D eigenvalue weighted by Crippen LogP contribution is 2.35.